The number of imidazole rings is 1. The summed E-state index contributed by atoms with van der Waals surface area (Å²) < 4.78 is 2.15. The second-order valence-corrected chi connectivity index (χ2v) is 3.49. The van der Waals surface area contributed by atoms with Crippen molar-refractivity contribution in [2.45, 2.75) is 45.7 Å². The molecule has 80 valence electrons. The van der Waals surface area contributed by atoms with Crippen molar-refractivity contribution in [3.05, 3.63) is 18.2 Å². The standard InChI is InChI=1S/C10H20N4/c1-3-5-9(13-11)8-10-12-6-7-14(10)4-2/h6-7,9,13H,3-5,8,11H2,1-2H3. The first-order valence-electron chi connectivity index (χ1n) is 5.27. The minimum Gasteiger partial charge on any atom is -0.335 e. The van der Waals surface area contributed by atoms with Crippen molar-refractivity contribution in [2.75, 3.05) is 0 Å². The Kier molecular flexibility index (Phi) is 4.62. The Morgan fingerprint density at radius 1 is 1.57 bits per heavy atom. The Bertz CT molecular complexity index is 256. The van der Waals surface area contributed by atoms with Crippen LogP contribution in [0, 0.1) is 0 Å². The SMILES string of the molecule is CCCC(Cc1nccn1CC)NN. The number of nitrogens with zero attached hydrogens (tertiary/aromatic N) is 2. The van der Waals surface area contributed by atoms with Gasteiger partial charge >= 0.3 is 0 Å². The maximum Gasteiger partial charge on any atom is 0.110 e. The van der Waals surface area contributed by atoms with Gasteiger partial charge in [0.15, 0.2) is 0 Å². The minimum absolute atomic E-state index is 0.340. The zero-order valence-electron chi connectivity index (χ0n) is 9.03. The van der Waals surface area contributed by atoms with E-state index < -0.39 is 0 Å². The fourth-order valence-electron chi connectivity index (χ4n) is 1.63. The van der Waals surface area contributed by atoms with Gasteiger partial charge in [-0.3, -0.25) is 11.3 Å². The van der Waals surface area contributed by atoms with Crippen molar-refractivity contribution in [1.29, 1.82) is 0 Å². The monoisotopic (exact) mass is 196 g/mol. The third-order valence-electron chi connectivity index (χ3n) is 2.44. The van der Waals surface area contributed by atoms with Crippen LogP contribution in [0.5, 0.6) is 0 Å². The van der Waals surface area contributed by atoms with E-state index in [9.17, 15) is 0 Å². The van der Waals surface area contributed by atoms with E-state index >= 15 is 0 Å². The normalized spacial score (nSPS) is 13.1. The molecule has 0 aromatic carbocycles. The Morgan fingerprint density at radius 2 is 2.36 bits per heavy atom. The van der Waals surface area contributed by atoms with Crippen molar-refractivity contribution in [3.8, 4) is 0 Å². The molecular weight excluding hydrogens is 176 g/mol. The molecule has 0 aliphatic carbocycles. The average molecular weight is 196 g/mol. The number of nitrogens with two attached hydrogens (primary N) is 1. The molecule has 0 saturated heterocycles. The van der Waals surface area contributed by atoms with E-state index in [-0.39, 0.29) is 0 Å². The van der Waals surface area contributed by atoms with Crippen LogP contribution in [0.2, 0.25) is 0 Å². The van der Waals surface area contributed by atoms with Crippen LogP contribution in [0.3, 0.4) is 0 Å². The predicted octanol–water partition coefficient (Wildman–Crippen LogP) is 1.08. The van der Waals surface area contributed by atoms with Gasteiger partial charge in [0.1, 0.15) is 5.82 Å². The number of hydrogen-bond acceptors (Lipinski definition) is 3. The zero-order valence-corrected chi connectivity index (χ0v) is 9.03. The minimum atomic E-state index is 0.340. The van der Waals surface area contributed by atoms with Gasteiger partial charge in [0.05, 0.1) is 0 Å². The zero-order chi connectivity index (χ0) is 10.4. The van der Waals surface area contributed by atoms with Crippen LogP contribution < -0.4 is 11.3 Å². The van der Waals surface area contributed by atoms with Crippen LogP contribution in [0.25, 0.3) is 0 Å². The summed E-state index contributed by atoms with van der Waals surface area (Å²) in [7, 11) is 0. The molecule has 0 aliphatic rings. The average Bonchev–Trinajstić information content (AvgIpc) is 2.64. The molecule has 0 saturated carbocycles. The third kappa shape index (κ3) is 2.82. The van der Waals surface area contributed by atoms with Crippen LogP contribution in [0.15, 0.2) is 12.4 Å². The van der Waals surface area contributed by atoms with Gasteiger partial charge in [-0.1, -0.05) is 13.3 Å². The van der Waals surface area contributed by atoms with Crippen molar-refractivity contribution in [3.63, 3.8) is 0 Å². The van der Waals surface area contributed by atoms with Gasteiger partial charge in [0.25, 0.3) is 0 Å². The number of rotatable bonds is 6. The fourth-order valence-corrected chi connectivity index (χ4v) is 1.63. The second kappa shape index (κ2) is 5.78. The number of nitrogens with one attached hydrogen (secondary N) is 1. The molecule has 3 N–H and O–H groups in total. The van der Waals surface area contributed by atoms with E-state index in [2.05, 4.69) is 28.8 Å². The maximum absolute atomic E-state index is 5.48. The molecule has 0 aliphatic heterocycles. The molecule has 0 radical (unpaired) electrons. The van der Waals surface area contributed by atoms with E-state index in [0.29, 0.717) is 6.04 Å². The third-order valence-corrected chi connectivity index (χ3v) is 2.44. The van der Waals surface area contributed by atoms with E-state index in [4.69, 9.17) is 5.84 Å². The molecular formula is C10H20N4. The molecule has 0 fully saturated rings. The fraction of sp³-hybridized carbons (Fsp3) is 0.700. The van der Waals surface area contributed by atoms with E-state index in [0.717, 1.165) is 31.6 Å². The lowest BCUT2D eigenvalue weighted by atomic mass is 10.1. The first-order valence-corrected chi connectivity index (χ1v) is 5.27. The van der Waals surface area contributed by atoms with Crippen molar-refractivity contribution in [2.24, 2.45) is 5.84 Å². The van der Waals surface area contributed by atoms with Gasteiger partial charge < -0.3 is 4.57 Å². The van der Waals surface area contributed by atoms with E-state index in [1.54, 1.807) is 0 Å². The highest BCUT2D eigenvalue weighted by molar-refractivity contribution is 4.95. The largest absolute Gasteiger partial charge is 0.335 e. The van der Waals surface area contributed by atoms with Crippen LogP contribution in [-0.4, -0.2) is 15.6 Å². The first-order chi connectivity index (χ1) is 6.81. The van der Waals surface area contributed by atoms with Crippen molar-refractivity contribution in [1.82, 2.24) is 15.0 Å². The molecule has 4 nitrogen and oxygen atoms in total. The quantitative estimate of drug-likeness (QED) is 0.528. The summed E-state index contributed by atoms with van der Waals surface area (Å²) in [5.74, 6) is 6.59. The Hall–Kier alpha value is -0.870. The smallest absolute Gasteiger partial charge is 0.110 e. The lowest BCUT2D eigenvalue weighted by Gasteiger charge is -2.14. The van der Waals surface area contributed by atoms with Gasteiger partial charge in [-0.05, 0) is 13.3 Å². The lowest BCUT2D eigenvalue weighted by molar-refractivity contribution is 0.468. The van der Waals surface area contributed by atoms with Gasteiger partial charge in [-0.15, -0.1) is 0 Å². The second-order valence-electron chi connectivity index (χ2n) is 3.49. The number of aryl methyl sites for hydroxylation is 1. The Morgan fingerprint density at radius 3 is 2.93 bits per heavy atom. The summed E-state index contributed by atoms with van der Waals surface area (Å²) in [5.41, 5.74) is 2.84. The molecule has 0 bridgehead atoms. The number of hydrogen-bond donors (Lipinski definition) is 2. The molecule has 0 spiro atoms. The predicted molar refractivity (Wildman–Crippen MR) is 57.6 cm³/mol. The molecule has 1 rings (SSSR count). The molecule has 1 aromatic rings. The molecule has 1 heterocycles. The maximum atomic E-state index is 5.48. The van der Waals surface area contributed by atoms with Gasteiger partial charge in [0.2, 0.25) is 0 Å². The highest BCUT2D eigenvalue weighted by Gasteiger charge is 2.09. The van der Waals surface area contributed by atoms with Crippen molar-refractivity contribution >= 4 is 0 Å². The Balaban J connectivity index is 2.56. The first kappa shape index (κ1) is 11.2. The van der Waals surface area contributed by atoms with Crippen LogP contribution in [0.4, 0.5) is 0 Å². The highest BCUT2D eigenvalue weighted by Crippen LogP contribution is 2.05. The summed E-state index contributed by atoms with van der Waals surface area (Å²) in [6.07, 6.45) is 6.99. The molecule has 1 unspecified atom stereocenters. The van der Waals surface area contributed by atoms with Crippen LogP contribution in [-0.2, 0) is 13.0 Å². The Labute approximate surface area is 85.5 Å². The summed E-state index contributed by atoms with van der Waals surface area (Å²) in [4.78, 5) is 4.32. The molecule has 1 aromatic heterocycles. The van der Waals surface area contributed by atoms with Gasteiger partial charge in [-0.2, -0.15) is 0 Å². The van der Waals surface area contributed by atoms with E-state index in [1.165, 1.54) is 0 Å². The molecule has 0 amide bonds. The summed E-state index contributed by atoms with van der Waals surface area (Å²) in [6.45, 7) is 5.26. The van der Waals surface area contributed by atoms with Gasteiger partial charge in [-0.25, -0.2) is 4.98 Å². The van der Waals surface area contributed by atoms with E-state index in [1.807, 2.05) is 12.4 Å². The molecule has 14 heavy (non-hydrogen) atoms. The topological polar surface area (TPSA) is 55.9 Å². The molecule has 4 heteroatoms. The van der Waals surface area contributed by atoms with Gasteiger partial charge in [0, 0.05) is 31.4 Å². The number of aromatic nitrogens is 2. The molecule has 1 atom stereocenters. The lowest BCUT2D eigenvalue weighted by Crippen LogP contribution is -2.37. The summed E-state index contributed by atoms with van der Waals surface area (Å²) >= 11 is 0. The summed E-state index contributed by atoms with van der Waals surface area (Å²) in [5, 5.41) is 0. The number of hydrazine groups is 1. The summed E-state index contributed by atoms with van der Waals surface area (Å²) in [6, 6.07) is 0.340. The highest BCUT2D eigenvalue weighted by atomic mass is 15.2. The van der Waals surface area contributed by atoms with Crippen LogP contribution >= 0.6 is 0 Å². The van der Waals surface area contributed by atoms with Crippen LogP contribution in [0.1, 0.15) is 32.5 Å². The van der Waals surface area contributed by atoms with Crippen molar-refractivity contribution < 1.29 is 0 Å².